The number of sulfonamides is 1. The number of nitrogens with one attached hydrogen (secondary N) is 1. The predicted octanol–water partition coefficient (Wildman–Crippen LogP) is 2.03. The number of amides is 1. The van der Waals surface area contributed by atoms with E-state index in [2.05, 4.69) is 5.32 Å². The van der Waals surface area contributed by atoms with Crippen LogP contribution in [-0.4, -0.2) is 42.8 Å². The Morgan fingerprint density at radius 3 is 2.11 bits per heavy atom. The van der Waals surface area contributed by atoms with Crippen LogP contribution in [0.1, 0.15) is 34.8 Å². The molecule has 1 saturated heterocycles. The van der Waals surface area contributed by atoms with Gasteiger partial charge in [0.1, 0.15) is 0 Å². The van der Waals surface area contributed by atoms with Crippen LogP contribution >= 0.6 is 0 Å². The number of nitrogens with zero attached hydrogens (tertiary/aromatic N) is 1. The maximum Gasteiger partial charge on any atom is 0.330 e. The number of aliphatic carboxylic acids is 1. The lowest BCUT2D eigenvalue weighted by atomic mass is 10.1. The van der Waals surface area contributed by atoms with Crippen molar-refractivity contribution in [1.82, 2.24) is 9.62 Å². The van der Waals surface area contributed by atoms with E-state index in [0.29, 0.717) is 18.7 Å². The molecule has 0 bridgehead atoms. The number of carboxylic acid groups (broad SMARTS) is 1. The zero-order chi connectivity index (χ0) is 19.4. The zero-order valence-electron chi connectivity index (χ0n) is 14.5. The standard InChI is InChI=1S/C19H20N2O5S/c22-18(20-17(19(23)24)14-6-2-1-3-7-14)15-8-10-16(11-9-15)27(25,26)21-12-4-5-13-21/h1-3,6-11,17H,4-5,12-13H2,(H,20,22)(H,23,24)/t17-/m1/s1. The van der Waals surface area contributed by atoms with Crippen LogP contribution in [0, 0.1) is 0 Å². The monoisotopic (exact) mass is 388 g/mol. The highest BCUT2D eigenvalue weighted by atomic mass is 32.2. The molecule has 0 aromatic heterocycles. The van der Waals surface area contributed by atoms with Gasteiger partial charge in [0.2, 0.25) is 10.0 Å². The Bertz CT molecular complexity index is 920. The first-order valence-electron chi connectivity index (χ1n) is 8.58. The normalized spacial score (nSPS) is 16.0. The van der Waals surface area contributed by atoms with Crippen molar-refractivity contribution in [1.29, 1.82) is 0 Å². The molecule has 1 atom stereocenters. The summed E-state index contributed by atoms with van der Waals surface area (Å²) in [6, 6.07) is 12.7. The van der Waals surface area contributed by atoms with Crippen LogP contribution in [0.4, 0.5) is 0 Å². The fraction of sp³-hybridized carbons (Fsp3) is 0.263. The summed E-state index contributed by atoms with van der Waals surface area (Å²) in [7, 11) is -3.55. The summed E-state index contributed by atoms with van der Waals surface area (Å²) in [5.74, 6) is -1.76. The summed E-state index contributed by atoms with van der Waals surface area (Å²) in [4.78, 5) is 24.0. The predicted molar refractivity (Wildman–Crippen MR) is 98.7 cm³/mol. The van der Waals surface area contributed by atoms with Crippen molar-refractivity contribution in [2.45, 2.75) is 23.8 Å². The average Bonchev–Trinajstić information content (AvgIpc) is 3.22. The molecule has 0 aliphatic carbocycles. The minimum absolute atomic E-state index is 0.124. The Balaban J connectivity index is 1.76. The fourth-order valence-corrected chi connectivity index (χ4v) is 4.52. The van der Waals surface area contributed by atoms with Gasteiger partial charge >= 0.3 is 5.97 Å². The maximum absolute atomic E-state index is 12.5. The topological polar surface area (TPSA) is 104 Å². The lowest BCUT2D eigenvalue weighted by Crippen LogP contribution is -2.33. The number of rotatable bonds is 6. The van der Waals surface area contributed by atoms with E-state index in [1.54, 1.807) is 30.3 Å². The molecule has 2 aromatic rings. The average molecular weight is 388 g/mol. The third-order valence-electron chi connectivity index (χ3n) is 4.47. The van der Waals surface area contributed by atoms with Crippen LogP contribution < -0.4 is 5.32 Å². The molecule has 0 unspecified atom stereocenters. The van der Waals surface area contributed by atoms with Gasteiger partial charge in [-0.2, -0.15) is 4.31 Å². The Hall–Kier alpha value is -2.71. The van der Waals surface area contributed by atoms with Crippen molar-refractivity contribution in [3.63, 3.8) is 0 Å². The van der Waals surface area contributed by atoms with Crippen LogP contribution in [0.2, 0.25) is 0 Å². The quantitative estimate of drug-likeness (QED) is 0.788. The van der Waals surface area contributed by atoms with E-state index in [1.165, 1.54) is 28.6 Å². The number of benzene rings is 2. The van der Waals surface area contributed by atoms with E-state index in [9.17, 15) is 23.1 Å². The molecule has 0 saturated carbocycles. The molecule has 3 rings (SSSR count). The number of hydrogen-bond acceptors (Lipinski definition) is 4. The SMILES string of the molecule is O=C(N[C@@H](C(=O)O)c1ccccc1)c1ccc(S(=O)(=O)N2CCCC2)cc1. The van der Waals surface area contributed by atoms with Crippen molar-refractivity contribution >= 4 is 21.9 Å². The summed E-state index contributed by atoms with van der Waals surface area (Å²) >= 11 is 0. The number of carbonyl (C=O) groups is 2. The summed E-state index contributed by atoms with van der Waals surface area (Å²) in [5.41, 5.74) is 0.643. The lowest BCUT2D eigenvalue weighted by Gasteiger charge is -2.16. The van der Waals surface area contributed by atoms with Gasteiger partial charge in [-0.05, 0) is 42.7 Å². The molecule has 7 nitrogen and oxygen atoms in total. The van der Waals surface area contributed by atoms with E-state index in [1.807, 2.05) is 0 Å². The Labute approximate surface area is 157 Å². The van der Waals surface area contributed by atoms with Gasteiger partial charge in [0, 0.05) is 18.7 Å². The summed E-state index contributed by atoms with van der Waals surface area (Å²) < 4.78 is 26.5. The smallest absolute Gasteiger partial charge is 0.330 e. The highest BCUT2D eigenvalue weighted by Gasteiger charge is 2.27. The molecule has 1 aliphatic heterocycles. The molecule has 2 N–H and O–H groups in total. The Morgan fingerprint density at radius 1 is 0.963 bits per heavy atom. The Morgan fingerprint density at radius 2 is 1.56 bits per heavy atom. The molecule has 0 radical (unpaired) electrons. The van der Waals surface area contributed by atoms with E-state index >= 15 is 0 Å². The minimum atomic E-state index is -3.55. The first kappa shape index (κ1) is 19.1. The third-order valence-corrected chi connectivity index (χ3v) is 6.39. The van der Waals surface area contributed by atoms with Gasteiger partial charge in [-0.15, -0.1) is 0 Å². The van der Waals surface area contributed by atoms with Crippen molar-refractivity contribution in [2.75, 3.05) is 13.1 Å². The number of carbonyl (C=O) groups excluding carboxylic acids is 1. The van der Waals surface area contributed by atoms with E-state index < -0.39 is 27.9 Å². The van der Waals surface area contributed by atoms with E-state index in [4.69, 9.17) is 0 Å². The van der Waals surface area contributed by atoms with Gasteiger partial charge in [0.05, 0.1) is 4.90 Å². The molecule has 1 fully saturated rings. The Kier molecular flexibility index (Phi) is 5.57. The molecule has 2 aromatic carbocycles. The molecule has 1 amide bonds. The van der Waals surface area contributed by atoms with Gasteiger partial charge in [0.25, 0.3) is 5.91 Å². The summed E-state index contributed by atoms with van der Waals surface area (Å²) in [5, 5.41) is 11.9. The van der Waals surface area contributed by atoms with E-state index in [-0.39, 0.29) is 10.5 Å². The van der Waals surface area contributed by atoms with Crippen LogP contribution in [0.25, 0.3) is 0 Å². The van der Waals surface area contributed by atoms with Gasteiger partial charge in [-0.25, -0.2) is 13.2 Å². The maximum atomic E-state index is 12.5. The molecule has 1 aliphatic rings. The van der Waals surface area contributed by atoms with E-state index in [0.717, 1.165) is 12.8 Å². The zero-order valence-corrected chi connectivity index (χ0v) is 15.4. The molecule has 142 valence electrons. The lowest BCUT2D eigenvalue weighted by molar-refractivity contribution is -0.139. The largest absolute Gasteiger partial charge is 0.479 e. The molecule has 8 heteroatoms. The highest BCUT2D eigenvalue weighted by molar-refractivity contribution is 7.89. The van der Waals surface area contributed by atoms with Gasteiger partial charge < -0.3 is 10.4 Å². The molecule has 0 spiro atoms. The second-order valence-corrected chi connectivity index (χ2v) is 8.23. The second kappa shape index (κ2) is 7.89. The molecular weight excluding hydrogens is 368 g/mol. The second-order valence-electron chi connectivity index (χ2n) is 6.29. The van der Waals surface area contributed by atoms with Crippen LogP contribution in [0.5, 0.6) is 0 Å². The van der Waals surface area contributed by atoms with Gasteiger partial charge in [-0.3, -0.25) is 4.79 Å². The molecule has 27 heavy (non-hydrogen) atoms. The molecule has 1 heterocycles. The first-order chi connectivity index (χ1) is 12.9. The van der Waals surface area contributed by atoms with Crippen LogP contribution in [0.15, 0.2) is 59.5 Å². The molecular formula is C19H20N2O5S. The van der Waals surface area contributed by atoms with Crippen molar-refractivity contribution in [3.05, 3.63) is 65.7 Å². The summed E-state index contributed by atoms with van der Waals surface area (Å²) in [6.07, 6.45) is 1.69. The van der Waals surface area contributed by atoms with Gasteiger partial charge in [-0.1, -0.05) is 30.3 Å². The minimum Gasteiger partial charge on any atom is -0.479 e. The van der Waals surface area contributed by atoms with Crippen LogP contribution in [0.3, 0.4) is 0 Å². The number of hydrogen-bond donors (Lipinski definition) is 2. The van der Waals surface area contributed by atoms with Crippen molar-refractivity contribution in [3.8, 4) is 0 Å². The van der Waals surface area contributed by atoms with Gasteiger partial charge in [0.15, 0.2) is 6.04 Å². The van der Waals surface area contributed by atoms with Crippen LogP contribution in [-0.2, 0) is 14.8 Å². The summed E-state index contributed by atoms with van der Waals surface area (Å²) in [6.45, 7) is 1.00. The first-order valence-corrected chi connectivity index (χ1v) is 10.0. The van der Waals surface area contributed by atoms with Crippen molar-refractivity contribution in [2.24, 2.45) is 0 Å². The third kappa shape index (κ3) is 4.17. The fourth-order valence-electron chi connectivity index (χ4n) is 3.00. The highest BCUT2D eigenvalue weighted by Crippen LogP contribution is 2.21. The number of carboxylic acids is 1. The van der Waals surface area contributed by atoms with Crippen molar-refractivity contribution < 1.29 is 23.1 Å².